The van der Waals surface area contributed by atoms with E-state index in [1.54, 1.807) is 16.8 Å². The molecule has 3 aromatic rings. The number of nitrogens with one attached hydrogen (secondary N) is 1. The number of aromatic nitrogens is 3. The Balaban J connectivity index is 1.43. The maximum absolute atomic E-state index is 12.7. The summed E-state index contributed by atoms with van der Waals surface area (Å²) in [5.41, 5.74) is 3.10. The molecule has 0 unspecified atom stereocenters. The minimum absolute atomic E-state index is 0.146. The van der Waals surface area contributed by atoms with Gasteiger partial charge in [0.1, 0.15) is 5.82 Å². The molecular formula is C22H24ClN5O2. The molecule has 1 fully saturated rings. The maximum atomic E-state index is 12.7. The lowest BCUT2D eigenvalue weighted by atomic mass is 10.1. The zero-order valence-corrected chi connectivity index (χ0v) is 17.6. The zero-order valence-electron chi connectivity index (χ0n) is 16.8. The molecule has 1 aliphatic heterocycles. The van der Waals surface area contributed by atoms with E-state index in [4.69, 9.17) is 16.3 Å². The largest absolute Gasteiger partial charge is 0.379 e. The number of rotatable bonds is 6. The first-order valence-corrected chi connectivity index (χ1v) is 10.3. The smallest absolute Gasteiger partial charge is 0.291 e. The van der Waals surface area contributed by atoms with Gasteiger partial charge in [-0.1, -0.05) is 35.9 Å². The summed E-state index contributed by atoms with van der Waals surface area (Å²) in [6.45, 7) is 6.46. The molecule has 0 bridgehead atoms. The number of ether oxygens (including phenoxy) is 1. The van der Waals surface area contributed by atoms with E-state index in [0.717, 1.165) is 44.1 Å². The second-order valence-corrected chi connectivity index (χ2v) is 7.65. The minimum atomic E-state index is -0.299. The standard InChI is InChI=1S/C22H24ClN5O2/c1-16-25-21(26-28(16)20-8-6-19(23)7-9-20)22(29)24-14-17-4-2-3-5-18(17)15-27-10-12-30-13-11-27/h2-9H,10-15H2,1H3,(H,24,29). The second-order valence-electron chi connectivity index (χ2n) is 7.21. The number of hydrogen-bond donors (Lipinski definition) is 1. The first kappa shape index (κ1) is 20.5. The monoisotopic (exact) mass is 425 g/mol. The van der Waals surface area contributed by atoms with Crippen LogP contribution in [0.4, 0.5) is 0 Å². The topological polar surface area (TPSA) is 72.3 Å². The van der Waals surface area contributed by atoms with Crippen molar-refractivity contribution in [1.82, 2.24) is 25.0 Å². The van der Waals surface area contributed by atoms with E-state index in [9.17, 15) is 4.79 Å². The van der Waals surface area contributed by atoms with Gasteiger partial charge in [0.05, 0.1) is 18.9 Å². The summed E-state index contributed by atoms with van der Waals surface area (Å²) < 4.78 is 7.06. The molecule has 1 amide bonds. The summed E-state index contributed by atoms with van der Waals surface area (Å²) >= 11 is 5.95. The van der Waals surface area contributed by atoms with Crippen LogP contribution in [0.3, 0.4) is 0 Å². The van der Waals surface area contributed by atoms with Crippen LogP contribution in [0.1, 0.15) is 27.6 Å². The summed E-state index contributed by atoms with van der Waals surface area (Å²) in [5.74, 6) is 0.482. The molecule has 0 radical (unpaired) electrons. The van der Waals surface area contributed by atoms with E-state index in [2.05, 4.69) is 26.4 Å². The van der Waals surface area contributed by atoms with Gasteiger partial charge >= 0.3 is 0 Å². The van der Waals surface area contributed by atoms with Crippen molar-refractivity contribution >= 4 is 17.5 Å². The predicted molar refractivity (Wildman–Crippen MR) is 115 cm³/mol. The first-order chi connectivity index (χ1) is 14.6. The molecule has 0 atom stereocenters. The molecule has 1 saturated heterocycles. The summed E-state index contributed by atoms with van der Waals surface area (Å²) in [6, 6.07) is 15.4. The third-order valence-electron chi connectivity index (χ3n) is 5.10. The van der Waals surface area contributed by atoms with Crippen molar-refractivity contribution < 1.29 is 9.53 Å². The number of hydrogen-bond acceptors (Lipinski definition) is 5. The highest BCUT2D eigenvalue weighted by Crippen LogP contribution is 2.15. The summed E-state index contributed by atoms with van der Waals surface area (Å²) in [7, 11) is 0. The Hall–Kier alpha value is -2.74. The fourth-order valence-corrected chi connectivity index (χ4v) is 3.58. The molecule has 2 aromatic carbocycles. The molecule has 1 aliphatic rings. The number of benzene rings is 2. The Morgan fingerprint density at radius 3 is 2.53 bits per heavy atom. The number of morpholine rings is 1. The average Bonchev–Trinajstić information content (AvgIpc) is 3.16. The molecule has 156 valence electrons. The lowest BCUT2D eigenvalue weighted by Gasteiger charge is -2.27. The van der Waals surface area contributed by atoms with Gasteiger partial charge < -0.3 is 10.1 Å². The molecule has 0 spiro atoms. The molecular weight excluding hydrogens is 402 g/mol. The number of carbonyl (C=O) groups is 1. The Morgan fingerprint density at radius 2 is 1.80 bits per heavy atom. The fraction of sp³-hybridized carbons (Fsp3) is 0.318. The molecule has 2 heterocycles. The number of nitrogens with zero attached hydrogens (tertiary/aromatic N) is 4. The molecule has 30 heavy (non-hydrogen) atoms. The van der Waals surface area contributed by atoms with E-state index in [-0.39, 0.29) is 11.7 Å². The summed E-state index contributed by atoms with van der Waals surface area (Å²) in [6.07, 6.45) is 0. The van der Waals surface area contributed by atoms with Crippen LogP contribution in [0.2, 0.25) is 5.02 Å². The Bertz CT molecular complexity index is 1010. The van der Waals surface area contributed by atoms with Gasteiger partial charge in [-0.05, 0) is 42.3 Å². The highest BCUT2D eigenvalue weighted by Gasteiger charge is 2.17. The van der Waals surface area contributed by atoms with Gasteiger partial charge in [0.2, 0.25) is 5.82 Å². The minimum Gasteiger partial charge on any atom is -0.379 e. The van der Waals surface area contributed by atoms with Crippen molar-refractivity contribution in [3.05, 3.63) is 76.3 Å². The van der Waals surface area contributed by atoms with Gasteiger partial charge in [-0.15, -0.1) is 5.10 Å². The van der Waals surface area contributed by atoms with E-state index in [1.165, 1.54) is 5.56 Å². The third-order valence-corrected chi connectivity index (χ3v) is 5.35. The van der Waals surface area contributed by atoms with Crippen molar-refractivity contribution in [2.24, 2.45) is 0 Å². The van der Waals surface area contributed by atoms with E-state index in [1.807, 2.05) is 37.3 Å². The maximum Gasteiger partial charge on any atom is 0.291 e. The lowest BCUT2D eigenvalue weighted by Crippen LogP contribution is -2.36. The third kappa shape index (κ3) is 4.87. The van der Waals surface area contributed by atoms with Crippen LogP contribution in [0.5, 0.6) is 0 Å². The number of aryl methyl sites for hydroxylation is 1. The number of carbonyl (C=O) groups excluding carboxylic acids is 1. The number of amides is 1. The van der Waals surface area contributed by atoms with Crippen LogP contribution in [0.15, 0.2) is 48.5 Å². The van der Waals surface area contributed by atoms with Crippen molar-refractivity contribution in [1.29, 1.82) is 0 Å². The Labute approximate surface area is 180 Å². The molecule has 0 saturated carbocycles. The average molecular weight is 426 g/mol. The van der Waals surface area contributed by atoms with Crippen LogP contribution in [-0.4, -0.2) is 51.9 Å². The summed E-state index contributed by atoms with van der Waals surface area (Å²) in [4.78, 5) is 19.4. The van der Waals surface area contributed by atoms with Crippen molar-refractivity contribution in [3.63, 3.8) is 0 Å². The normalized spacial score (nSPS) is 14.6. The van der Waals surface area contributed by atoms with Crippen LogP contribution >= 0.6 is 11.6 Å². The zero-order chi connectivity index (χ0) is 20.9. The fourth-order valence-electron chi connectivity index (χ4n) is 3.45. The van der Waals surface area contributed by atoms with Crippen molar-refractivity contribution in [3.8, 4) is 5.69 Å². The van der Waals surface area contributed by atoms with Crippen LogP contribution < -0.4 is 5.32 Å². The van der Waals surface area contributed by atoms with Crippen LogP contribution in [0, 0.1) is 6.92 Å². The SMILES string of the molecule is Cc1nc(C(=O)NCc2ccccc2CN2CCOCC2)nn1-c1ccc(Cl)cc1. The number of halogens is 1. The Kier molecular flexibility index (Phi) is 6.42. The molecule has 1 N–H and O–H groups in total. The Morgan fingerprint density at radius 1 is 1.10 bits per heavy atom. The van der Waals surface area contributed by atoms with Crippen LogP contribution in [-0.2, 0) is 17.8 Å². The van der Waals surface area contributed by atoms with Gasteiger partial charge in [0.25, 0.3) is 5.91 Å². The van der Waals surface area contributed by atoms with Gasteiger partial charge in [-0.3, -0.25) is 9.69 Å². The summed E-state index contributed by atoms with van der Waals surface area (Å²) in [5, 5.41) is 7.96. The molecule has 1 aromatic heterocycles. The quantitative estimate of drug-likeness (QED) is 0.657. The van der Waals surface area contributed by atoms with Crippen molar-refractivity contribution in [2.45, 2.75) is 20.0 Å². The van der Waals surface area contributed by atoms with Gasteiger partial charge in [-0.2, -0.15) is 0 Å². The van der Waals surface area contributed by atoms with Gasteiger partial charge in [0, 0.05) is 31.2 Å². The molecule has 7 nitrogen and oxygen atoms in total. The molecule has 8 heteroatoms. The second kappa shape index (κ2) is 9.38. The van der Waals surface area contributed by atoms with E-state index in [0.29, 0.717) is 17.4 Å². The van der Waals surface area contributed by atoms with Gasteiger partial charge in [-0.25, -0.2) is 9.67 Å². The predicted octanol–water partition coefficient (Wildman–Crippen LogP) is 2.99. The van der Waals surface area contributed by atoms with Crippen LogP contribution in [0.25, 0.3) is 5.69 Å². The van der Waals surface area contributed by atoms with E-state index < -0.39 is 0 Å². The van der Waals surface area contributed by atoms with Gasteiger partial charge in [0.15, 0.2) is 0 Å². The highest BCUT2D eigenvalue weighted by atomic mass is 35.5. The van der Waals surface area contributed by atoms with Crippen molar-refractivity contribution in [2.75, 3.05) is 26.3 Å². The first-order valence-electron chi connectivity index (χ1n) is 9.95. The molecule has 0 aliphatic carbocycles. The van der Waals surface area contributed by atoms with E-state index >= 15 is 0 Å². The molecule has 4 rings (SSSR count). The lowest BCUT2D eigenvalue weighted by molar-refractivity contribution is 0.0340. The highest BCUT2D eigenvalue weighted by molar-refractivity contribution is 6.30.